The molecular weight excluding hydrogens is 247 g/mol. The van der Waals surface area contributed by atoms with Crippen molar-refractivity contribution in [1.82, 2.24) is 0 Å². The van der Waals surface area contributed by atoms with Crippen LogP contribution in [0.2, 0.25) is 0 Å². The number of ketones is 1. The number of rotatable bonds is 7. The second-order valence-corrected chi connectivity index (χ2v) is 6.34. The van der Waals surface area contributed by atoms with Gasteiger partial charge in [0.25, 0.3) is 0 Å². The SMILES string of the molecule is COP(C)(=O)OCC(=O)CCc1ccsc1. The molecule has 0 aliphatic rings. The van der Waals surface area contributed by atoms with Crippen LogP contribution >= 0.6 is 18.9 Å². The maximum absolute atomic E-state index is 11.4. The van der Waals surface area contributed by atoms with Gasteiger partial charge in [-0.3, -0.25) is 9.36 Å². The van der Waals surface area contributed by atoms with E-state index in [2.05, 4.69) is 4.52 Å². The predicted octanol–water partition coefficient (Wildman–Crippen LogP) is 2.74. The summed E-state index contributed by atoms with van der Waals surface area (Å²) in [5.41, 5.74) is 1.14. The Labute approximate surface area is 99.1 Å². The monoisotopic (exact) mass is 262 g/mol. The van der Waals surface area contributed by atoms with E-state index < -0.39 is 7.60 Å². The van der Waals surface area contributed by atoms with Crippen LogP contribution in [-0.4, -0.2) is 26.2 Å². The van der Waals surface area contributed by atoms with Crippen molar-refractivity contribution in [3.63, 3.8) is 0 Å². The Kier molecular flexibility index (Phi) is 5.35. The molecule has 0 bridgehead atoms. The van der Waals surface area contributed by atoms with Gasteiger partial charge in [-0.15, -0.1) is 0 Å². The molecule has 1 aromatic heterocycles. The molecule has 0 aromatic carbocycles. The summed E-state index contributed by atoms with van der Waals surface area (Å²) >= 11 is 1.61. The van der Waals surface area contributed by atoms with Gasteiger partial charge in [-0.05, 0) is 28.8 Å². The zero-order valence-electron chi connectivity index (χ0n) is 9.34. The first-order valence-electron chi connectivity index (χ1n) is 4.84. The molecule has 1 heterocycles. The van der Waals surface area contributed by atoms with E-state index >= 15 is 0 Å². The second-order valence-electron chi connectivity index (χ2n) is 3.40. The van der Waals surface area contributed by atoms with Crippen molar-refractivity contribution in [2.45, 2.75) is 12.8 Å². The van der Waals surface area contributed by atoms with Crippen molar-refractivity contribution in [2.24, 2.45) is 0 Å². The molecule has 0 spiro atoms. The highest BCUT2D eigenvalue weighted by Gasteiger charge is 2.16. The van der Waals surface area contributed by atoms with Crippen LogP contribution in [0.25, 0.3) is 0 Å². The Balaban J connectivity index is 2.24. The lowest BCUT2D eigenvalue weighted by molar-refractivity contribution is -0.121. The zero-order valence-corrected chi connectivity index (χ0v) is 11.1. The lowest BCUT2D eigenvalue weighted by atomic mass is 10.1. The van der Waals surface area contributed by atoms with E-state index in [0.29, 0.717) is 12.8 Å². The summed E-state index contributed by atoms with van der Waals surface area (Å²) in [6.07, 6.45) is 1.10. The molecule has 0 aliphatic heterocycles. The average molecular weight is 262 g/mol. The largest absolute Gasteiger partial charge is 0.327 e. The number of Topliss-reactive ketones (excluding diaryl/α,β-unsaturated/α-hetero) is 1. The van der Waals surface area contributed by atoms with E-state index in [9.17, 15) is 9.36 Å². The van der Waals surface area contributed by atoms with Gasteiger partial charge in [0.15, 0.2) is 5.78 Å². The first kappa shape index (κ1) is 13.6. The molecule has 0 saturated heterocycles. The third-order valence-corrected chi connectivity index (χ3v) is 4.06. The summed E-state index contributed by atoms with van der Waals surface area (Å²) in [7, 11) is -1.73. The van der Waals surface area contributed by atoms with E-state index in [1.807, 2.05) is 16.8 Å². The van der Waals surface area contributed by atoms with E-state index in [-0.39, 0.29) is 12.4 Å². The van der Waals surface area contributed by atoms with Gasteiger partial charge in [0.2, 0.25) is 0 Å². The van der Waals surface area contributed by atoms with Gasteiger partial charge < -0.3 is 9.05 Å². The Morgan fingerprint density at radius 1 is 1.56 bits per heavy atom. The van der Waals surface area contributed by atoms with Crippen LogP contribution in [-0.2, 0) is 24.8 Å². The third-order valence-electron chi connectivity index (χ3n) is 2.06. The van der Waals surface area contributed by atoms with Crippen molar-refractivity contribution in [1.29, 1.82) is 0 Å². The highest BCUT2D eigenvalue weighted by atomic mass is 32.1. The molecule has 1 unspecified atom stereocenters. The Morgan fingerprint density at radius 2 is 2.31 bits per heavy atom. The van der Waals surface area contributed by atoms with Crippen molar-refractivity contribution in [2.75, 3.05) is 20.4 Å². The Morgan fingerprint density at radius 3 is 2.88 bits per heavy atom. The molecule has 16 heavy (non-hydrogen) atoms. The first-order valence-corrected chi connectivity index (χ1v) is 7.77. The highest BCUT2D eigenvalue weighted by molar-refractivity contribution is 7.52. The molecule has 1 aromatic rings. The molecule has 0 saturated carbocycles. The van der Waals surface area contributed by atoms with Gasteiger partial charge in [0.1, 0.15) is 6.61 Å². The van der Waals surface area contributed by atoms with E-state index in [4.69, 9.17) is 4.52 Å². The van der Waals surface area contributed by atoms with Gasteiger partial charge in [-0.25, -0.2) is 0 Å². The summed E-state index contributed by atoms with van der Waals surface area (Å²) in [5, 5.41) is 3.98. The van der Waals surface area contributed by atoms with Crippen LogP contribution in [0.1, 0.15) is 12.0 Å². The molecule has 1 rings (SSSR count). The molecule has 0 aliphatic carbocycles. The van der Waals surface area contributed by atoms with Crippen LogP contribution in [0.15, 0.2) is 16.8 Å². The molecular formula is C10H15O4PS. The molecule has 0 radical (unpaired) electrons. The van der Waals surface area contributed by atoms with Crippen LogP contribution in [0.3, 0.4) is 0 Å². The van der Waals surface area contributed by atoms with E-state index in [1.54, 1.807) is 11.3 Å². The summed E-state index contributed by atoms with van der Waals surface area (Å²) < 4.78 is 20.8. The topological polar surface area (TPSA) is 52.6 Å². The zero-order chi connectivity index (χ0) is 12.0. The van der Waals surface area contributed by atoms with Gasteiger partial charge in [0.05, 0.1) is 0 Å². The molecule has 0 amide bonds. The fourth-order valence-electron chi connectivity index (χ4n) is 1.03. The molecule has 4 nitrogen and oxygen atoms in total. The Bertz CT molecular complexity index is 374. The molecule has 1 atom stereocenters. The average Bonchev–Trinajstić information content (AvgIpc) is 2.76. The maximum atomic E-state index is 11.4. The predicted molar refractivity (Wildman–Crippen MR) is 64.1 cm³/mol. The number of hydrogen-bond acceptors (Lipinski definition) is 5. The summed E-state index contributed by atoms with van der Waals surface area (Å²) in [6, 6.07) is 1.98. The second kappa shape index (κ2) is 6.30. The van der Waals surface area contributed by atoms with Crippen LogP contribution in [0.4, 0.5) is 0 Å². The summed E-state index contributed by atoms with van der Waals surface area (Å²) in [6.45, 7) is 1.20. The quantitative estimate of drug-likeness (QED) is 0.709. The molecule has 0 fully saturated rings. The van der Waals surface area contributed by atoms with Gasteiger partial charge in [-0.1, -0.05) is 0 Å². The van der Waals surface area contributed by atoms with Gasteiger partial charge >= 0.3 is 7.60 Å². The van der Waals surface area contributed by atoms with Crippen LogP contribution in [0.5, 0.6) is 0 Å². The fraction of sp³-hybridized carbons (Fsp3) is 0.500. The van der Waals surface area contributed by atoms with Crippen LogP contribution < -0.4 is 0 Å². The minimum Gasteiger partial charge on any atom is -0.312 e. The van der Waals surface area contributed by atoms with Crippen molar-refractivity contribution < 1.29 is 18.4 Å². The van der Waals surface area contributed by atoms with Crippen LogP contribution in [0, 0.1) is 0 Å². The van der Waals surface area contributed by atoms with Crippen molar-refractivity contribution in [3.8, 4) is 0 Å². The van der Waals surface area contributed by atoms with Crippen molar-refractivity contribution >= 4 is 24.7 Å². The fourth-order valence-corrected chi connectivity index (χ4v) is 2.22. The molecule has 90 valence electrons. The highest BCUT2D eigenvalue weighted by Crippen LogP contribution is 2.42. The Hall–Kier alpha value is -0.480. The lowest BCUT2D eigenvalue weighted by Crippen LogP contribution is -2.08. The summed E-state index contributed by atoms with van der Waals surface area (Å²) in [5.74, 6) is -0.0645. The maximum Gasteiger partial charge on any atom is 0.327 e. The number of aryl methyl sites for hydroxylation is 1. The third kappa shape index (κ3) is 5.03. The standard InChI is InChI=1S/C10H15O4PS/c1-13-15(2,12)14-7-10(11)4-3-9-5-6-16-8-9/h5-6,8H,3-4,7H2,1-2H3. The number of hydrogen-bond donors (Lipinski definition) is 0. The smallest absolute Gasteiger partial charge is 0.312 e. The van der Waals surface area contributed by atoms with Crippen molar-refractivity contribution in [3.05, 3.63) is 22.4 Å². The lowest BCUT2D eigenvalue weighted by Gasteiger charge is -2.09. The summed E-state index contributed by atoms with van der Waals surface area (Å²) in [4.78, 5) is 11.4. The molecule has 6 heteroatoms. The molecule has 0 N–H and O–H groups in total. The number of carbonyl (C=O) groups is 1. The van der Waals surface area contributed by atoms with E-state index in [1.165, 1.54) is 13.8 Å². The minimum absolute atomic E-state index is 0.0645. The van der Waals surface area contributed by atoms with Gasteiger partial charge in [0, 0.05) is 20.2 Å². The van der Waals surface area contributed by atoms with E-state index in [0.717, 1.165) is 5.56 Å². The number of carbonyl (C=O) groups excluding carboxylic acids is 1. The minimum atomic E-state index is -3.03. The first-order chi connectivity index (χ1) is 7.53. The number of thiophene rings is 1. The van der Waals surface area contributed by atoms with Gasteiger partial charge in [-0.2, -0.15) is 11.3 Å². The normalized spacial score (nSPS) is 14.6.